The first-order valence-electron chi connectivity index (χ1n) is 6.46. The van der Waals surface area contributed by atoms with Crippen molar-refractivity contribution in [3.63, 3.8) is 0 Å². The van der Waals surface area contributed by atoms with Gasteiger partial charge in [0, 0.05) is 16.5 Å². The molecule has 0 aliphatic heterocycles. The van der Waals surface area contributed by atoms with Gasteiger partial charge in [0.05, 0.1) is 5.69 Å². The lowest BCUT2D eigenvalue weighted by molar-refractivity contribution is 0.475. The Morgan fingerprint density at radius 2 is 1.60 bits per heavy atom. The maximum atomic E-state index is 9.33. The van der Waals surface area contributed by atoms with E-state index in [2.05, 4.69) is 42.4 Å². The van der Waals surface area contributed by atoms with Gasteiger partial charge in [-0.15, -0.1) is 11.3 Å². The Balaban J connectivity index is 1.97. The summed E-state index contributed by atoms with van der Waals surface area (Å²) in [5.41, 5.74) is 5.75. The molecule has 2 nitrogen and oxygen atoms in total. The van der Waals surface area contributed by atoms with Gasteiger partial charge in [-0.25, -0.2) is 4.98 Å². The summed E-state index contributed by atoms with van der Waals surface area (Å²) in [6.45, 7) is 4.23. The lowest BCUT2D eigenvalue weighted by atomic mass is 10.1. The average molecular weight is 281 g/mol. The number of nitrogens with zero attached hydrogens (tertiary/aromatic N) is 1. The predicted molar refractivity (Wildman–Crippen MR) is 84.1 cm³/mol. The Labute approximate surface area is 122 Å². The first-order chi connectivity index (χ1) is 9.63. The highest BCUT2D eigenvalue weighted by Crippen LogP contribution is 2.30. The molecule has 0 amide bonds. The van der Waals surface area contributed by atoms with E-state index >= 15 is 0 Å². The third-order valence-electron chi connectivity index (χ3n) is 3.42. The van der Waals surface area contributed by atoms with Gasteiger partial charge in [-0.1, -0.05) is 12.1 Å². The van der Waals surface area contributed by atoms with Gasteiger partial charge in [0.15, 0.2) is 0 Å². The van der Waals surface area contributed by atoms with Crippen molar-refractivity contribution in [2.75, 3.05) is 0 Å². The Kier molecular flexibility index (Phi) is 3.28. The topological polar surface area (TPSA) is 33.1 Å². The molecule has 3 aromatic rings. The van der Waals surface area contributed by atoms with Crippen LogP contribution in [0, 0.1) is 13.8 Å². The quantitative estimate of drug-likeness (QED) is 0.732. The first kappa shape index (κ1) is 12.9. The molecule has 1 N–H and O–H groups in total. The fourth-order valence-electron chi connectivity index (χ4n) is 2.04. The van der Waals surface area contributed by atoms with Crippen LogP contribution in [-0.4, -0.2) is 10.1 Å². The molecule has 1 heterocycles. The van der Waals surface area contributed by atoms with E-state index in [4.69, 9.17) is 0 Å². The second kappa shape index (κ2) is 5.10. The molecule has 3 rings (SSSR count). The number of rotatable bonds is 2. The molecule has 0 unspecified atom stereocenters. The maximum Gasteiger partial charge on any atom is 0.124 e. The summed E-state index contributed by atoms with van der Waals surface area (Å²) in [4.78, 5) is 4.69. The maximum absolute atomic E-state index is 9.33. The molecule has 1 aromatic heterocycles. The number of benzene rings is 2. The first-order valence-corrected chi connectivity index (χ1v) is 7.34. The highest BCUT2D eigenvalue weighted by Gasteiger charge is 2.07. The molecule has 0 radical (unpaired) electrons. The lowest BCUT2D eigenvalue weighted by Crippen LogP contribution is -1.84. The summed E-state index contributed by atoms with van der Waals surface area (Å²) in [5.74, 6) is 0.277. The van der Waals surface area contributed by atoms with Gasteiger partial charge in [-0.3, -0.25) is 0 Å². The second-order valence-electron chi connectivity index (χ2n) is 4.88. The van der Waals surface area contributed by atoms with Crippen molar-refractivity contribution in [1.29, 1.82) is 0 Å². The SMILES string of the molecule is Cc1ccc(-c2csc(-c3ccc(O)cc3)n2)cc1C. The molecule has 0 bridgehead atoms. The van der Waals surface area contributed by atoms with Crippen molar-refractivity contribution < 1.29 is 5.11 Å². The van der Waals surface area contributed by atoms with Crippen LogP contribution in [0.4, 0.5) is 0 Å². The number of aryl methyl sites for hydroxylation is 2. The molecule has 20 heavy (non-hydrogen) atoms. The van der Waals surface area contributed by atoms with Crippen molar-refractivity contribution in [3.05, 3.63) is 59.0 Å². The molecular weight excluding hydrogens is 266 g/mol. The molecule has 0 aliphatic carbocycles. The third kappa shape index (κ3) is 2.45. The smallest absolute Gasteiger partial charge is 0.124 e. The van der Waals surface area contributed by atoms with E-state index < -0.39 is 0 Å². The zero-order chi connectivity index (χ0) is 14.1. The fraction of sp³-hybridized carbons (Fsp3) is 0.118. The van der Waals surface area contributed by atoms with Crippen molar-refractivity contribution in [2.24, 2.45) is 0 Å². The standard InChI is InChI=1S/C17H15NOS/c1-11-3-4-14(9-12(11)2)16-10-20-17(18-16)13-5-7-15(19)8-6-13/h3-10,19H,1-2H3. The zero-order valence-electron chi connectivity index (χ0n) is 11.4. The minimum Gasteiger partial charge on any atom is -0.508 e. The van der Waals surface area contributed by atoms with Gasteiger partial charge < -0.3 is 5.11 Å². The van der Waals surface area contributed by atoms with Crippen LogP contribution in [0.1, 0.15) is 11.1 Å². The highest BCUT2D eigenvalue weighted by molar-refractivity contribution is 7.13. The Hall–Kier alpha value is -2.13. The number of hydrogen-bond donors (Lipinski definition) is 1. The summed E-state index contributed by atoms with van der Waals surface area (Å²) >= 11 is 1.62. The van der Waals surface area contributed by atoms with Crippen LogP contribution < -0.4 is 0 Å². The second-order valence-corrected chi connectivity index (χ2v) is 5.74. The normalized spacial score (nSPS) is 10.7. The van der Waals surface area contributed by atoms with Crippen LogP contribution in [0.2, 0.25) is 0 Å². The van der Waals surface area contributed by atoms with E-state index in [1.54, 1.807) is 23.5 Å². The third-order valence-corrected chi connectivity index (χ3v) is 4.31. The van der Waals surface area contributed by atoms with E-state index in [1.165, 1.54) is 11.1 Å². The molecule has 0 spiro atoms. The summed E-state index contributed by atoms with van der Waals surface area (Å²) in [5, 5.41) is 12.4. The Bertz CT molecular complexity index is 744. The van der Waals surface area contributed by atoms with Crippen LogP contribution in [0.3, 0.4) is 0 Å². The van der Waals surface area contributed by atoms with E-state index in [-0.39, 0.29) is 5.75 Å². The molecule has 0 atom stereocenters. The van der Waals surface area contributed by atoms with Gasteiger partial charge in [0.1, 0.15) is 10.8 Å². The molecule has 3 heteroatoms. The molecule has 0 aliphatic rings. The van der Waals surface area contributed by atoms with Crippen LogP contribution >= 0.6 is 11.3 Å². The van der Waals surface area contributed by atoms with Gasteiger partial charge in [0.2, 0.25) is 0 Å². The summed E-state index contributed by atoms with van der Waals surface area (Å²) < 4.78 is 0. The number of aromatic nitrogens is 1. The van der Waals surface area contributed by atoms with Gasteiger partial charge in [0.25, 0.3) is 0 Å². The van der Waals surface area contributed by atoms with Crippen LogP contribution in [0.5, 0.6) is 5.75 Å². The number of phenolic OH excluding ortho intramolecular Hbond substituents is 1. The minimum absolute atomic E-state index is 0.277. The predicted octanol–water partition coefficient (Wildman–Crippen LogP) is 4.80. The molecule has 100 valence electrons. The van der Waals surface area contributed by atoms with E-state index in [1.807, 2.05) is 12.1 Å². The number of phenols is 1. The monoisotopic (exact) mass is 281 g/mol. The van der Waals surface area contributed by atoms with E-state index in [9.17, 15) is 5.11 Å². The Morgan fingerprint density at radius 3 is 2.30 bits per heavy atom. The van der Waals surface area contributed by atoms with Gasteiger partial charge in [-0.2, -0.15) is 0 Å². The zero-order valence-corrected chi connectivity index (χ0v) is 12.2. The van der Waals surface area contributed by atoms with Crippen molar-refractivity contribution in [1.82, 2.24) is 4.98 Å². The lowest BCUT2D eigenvalue weighted by Gasteiger charge is -2.02. The summed E-state index contributed by atoms with van der Waals surface area (Å²) in [6.07, 6.45) is 0. The van der Waals surface area contributed by atoms with Crippen LogP contribution in [0.25, 0.3) is 21.8 Å². The molecule has 0 saturated carbocycles. The highest BCUT2D eigenvalue weighted by atomic mass is 32.1. The number of thiazole rings is 1. The van der Waals surface area contributed by atoms with Gasteiger partial charge in [-0.05, 0) is 55.3 Å². The summed E-state index contributed by atoms with van der Waals surface area (Å²) in [7, 11) is 0. The van der Waals surface area contributed by atoms with E-state index in [0.29, 0.717) is 0 Å². The minimum atomic E-state index is 0.277. The fourth-order valence-corrected chi connectivity index (χ4v) is 2.88. The van der Waals surface area contributed by atoms with Gasteiger partial charge >= 0.3 is 0 Å². The number of aromatic hydroxyl groups is 1. The molecule has 0 fully saturated rings. The molecule has 2 aromatic carbocycles. The Morgan fingerprint density at radius 1 is 0.900 bits per heavy atom. The largest absolute Gasteiger partial charge is 0.508 e. The van der Waals surface area contributed by atoms with Crippen LogP contribution in [0.15, 0.2) is 47.8 Å². The van der Waals surface area contributed by atoms with E-state index in [0.717, 1.165) is 21.8 Å². The van der Waals surface area contributed by atoms with Crippen molar-refractivity contribution in [3.8, 4) is 27.6 Å². The summed E-state index contributed by atoms with van der Waals surface area (Å²) in [6, 6.07) is 13.6. The van der Waals surface area contributed by atoms with Crippen molar-refractivity contribution in [2.45, 2.75) is 13.8 Å². The molecule has 0 saturated heterocycles. The van der Waals surface area contributed by atoms with Crippen LogP contribution in [-0.2, 0) is 0 Å². The number of hydrogen-bond acceptors (Lipinski definition) is 3. The average Bonchev–Trinajstić information content (AvgIpc) is 2.92. The van der Waals surface area contributed by atoms with Crippen molar-refractivity contribution >= 4 is 11.3 Å². The molecular formula is C17H15NOS.